The lowest BCUT2D eigenvalue weighted by atomic mass is 9.89. The van der Waals surface area contributed by atoms with E-state index in [1.807, 2.05) is 39.0 Å². The maximum absolute atomic E-state index is 12.9. The summed E-state index contributed by atoms with van der Waals surface area (Å²) in [7, 11) is -1.86. The number of nitrogens with one attached hydrogen (secondary N) is 1. The van der Waals surface area contributed by atoms with Crippen LogP contribution in [-0.2, 0) is 10.0 Å². The van der Waals surface area contributed by atoms with Gasteiger partial charge in [0, 0.05) is 24.6 Å². The van der Waals surface area contributed by atoms with E-state index in [0.29, 0.717) is 23.2 Å². The zero-order valence-electron chi connectivity index (χ0n) is 17.7. The van der Waals surface area contributed by atoms with E-state index in [1.165, 1.54) is 11.4 Å². The molecule has 1 heterocycles. The maximum atomic E-state index is 12.9. The Morgan fingerprint density at radius 2 is 1.86 bits per heavy atom. The number of aryl methyl sites for hydroxylation is 2. The number of hydrogen-bond donors (Lipinski definition) is 1. The highest BCUT2D eigenvalue weighted by Crippen LogP contribution is 2.40. The molecule has 1 N–H and O–H groups in total. The number of amides is 1. The average Bonchev–Trinajstić information content (AvgIpc) is 2.58. The van der Waals surface area contributed by atoms with Crippen molar-refractivity contribution in [1.82, 2.24) is 5.32 Å². The first-order valence-corrected chi connectivity index (χ1v) is 11.4. The van der Waals surface area contributed by atoms with Crippen LogP contribution >= 0.6 is 0 Å². The molecule has 0 fully saturated rings. The molecule has 7 heteroatoms. The summed E-state index contributed by atoms with van der Waals surface area (Å²) in [4.78, 5) is 12.9. The number of rotatable bonds is 4. The van der Waals surface area contributed by atoms with Crippen LogP contribution < -0.4 is 14.4 Å². The summed E-state index contributed by atoms with van der Waals surface area (Å²) < 4.78 is 30.9. The third-order valence-corrected chi connectivity index (χ3v) is 6.42. The summed E-state index contributed by atoms with van der Waals surface area (Å²) in [6, 6.07) is 10.9. The van der Waals surface area contributed by atoms with Crippen molar-refractivity contribution in [3.8, 4) is 5.75 Å². The quantitative estimate of drug-likeness (QED) is 0.824. The third-order valence-electron chi connectivity index (χ3n) is 5.23. The van der Waals surface area contributed by atoms with Crippen LogP contribution in [0.1, 0.15) is 53.4 Å². The second kappa shape index (κ2) is 7.37. The molecule has 156 valence electrons. The van der Waals surface area contributed by atoms with E-state index in [0.717, 1.165) is 23.1 Å². The lowest BCUT2D eigenvalue weighted by molar-refractivity contribution is 0.0619. The zero-order chi connectivity index (χ0) is 21.6. The van der Waals surface area contributed by atoms with E-state index in [-0.39, 0.29) is 11.9 Å². The predicted molar refractivity (Wildman–Crippen MR) is 115 cm³/mol. The minimum absolute atomic E-state index is 0.166. The molecule has 0 saturated carbocycles. The fourth-order valence-corrected chi connectivity index (χ4v) is 4.22. The van der Waals surface area contributed by atoms with E-state index in [2.05, 4.69) is 5.32 Å². The molecule has 0 aliphatic carbocycles. The van der Waals surface area contributed by atoms with Crippen molar-refractivity contribution in [3.63, 3.8) is 0 Å². The van der Waals surface area contributed by atoms with Gasteiger partial charge < -0.3 is 10.1 Å². The molecule has 0 spiro atoms. The third kappa shape index (κ3) is 4.56. The number of fused-ring (bicyclic) bond motifs is 1. The van der Waals surface area contributed by atoms with E-state index >= 15 is 0 Å². The highest BCUT2D eigenvalue weighted by molar-refractivity contribution is 7.92. The second-order valence-electron chi connectivity index (χ2n) is 8.36. The Bertz CT molecular complexity index is 1060. The topological polar surface area (TPSA) is 75.7 Å². The molecule has 3 rings (SSSR count). The van der Waals surface area contributed by atoms with Gasteiger partial charge in [-0.1, -0.05) is 12.1 Å². The Balaban J connectivity index is 1.86. The number of carbonyl (C=O) groups is 1. The van der Waals surface area contributed by atoms with Gasteiger partial charge in [-0.3, -0.25) is 9.10 Å². The molecule has 6 nitrogen and oxygen atoms in total. The molecule has 0 bridgehead atoms. The Morgan fingerprint density at radius 3 is 2.48 bits per heavy atom. The minimum Gasteiger partial charge on any atom is -0.487 e. The van der Waals surface area contributed by atoms with Crippen molar-refractivity contribution in [1.29, 1.82) is 0 Å². The number of ether oxygens (including phenoxy) is 1. The largest absolute Gasteiger partial charge is 0.487 e. The molecular formula is C22H28N2O4S. The summed E-state index contributed by atoms with van der Waals surface area (Å²) in [6.45, 7) is 7.83. The van der Waals surface area contributed by atoms with Crippen LogP contribution in [0.4, 0.5) is 5.69 Å². The van der Waals surface area contributed by atoms with Crippen molar-refractivity contribution in [2.75, 3.05) is 17.6 Å². The lowest BCUT2D eigenvalue weighted by Crippen LogP contribution is -2.41. The fraction of sp³-hybridized carbons (Fsp3) is 0.409. The molecule has 0 unspecified atom stereocenters. The molecule has 29 heavy (non-hydrogen) atoms. The van der Waals surface area contributed by atoms with Gasteiger partial charge in [0.2, 0.25) is 10.0 Å². The van der Waals surface area contributed by atoms with Crippen molar-refractivity contribution in [2.45, 2.75) is 45.8 Å². The van der Waals surface area contributed by atoms with E-state index in [9.17, 15) is 13.2 Å². The number of nitrogens with zero attached hydrogens (tertiary/aromatic N) is 1. The molecule has 0 radical (unpaired) electrons. The van der Waals surface area contributed by atoms with Crippen LogP contribution in [0.25, 0.3) is 0 Å². The first-order valence-electron chi connectivity index (χ1n) is 9.52. The van der Waals surface area contributed by atoms with Crippen LogP contribution in [-0.4, -0.2) is 33.2 Å². The van der Waals surface area contributed by atoms with Crippen LogP contribution in [0.2, 0.25) is 0 Å². The van der Waals surface area contributed by atoms with E-state index in [1.54, 1.807) is 25.1 Å². The summed E-state index contributed by atoms with van der Waals surface area (Å²) in [5.41, 5.74) is 3.44. The van der Waals surface area contributed by atoms with Gasteiger partial charge in [0.05, 0.1) is 18.0 Å². The predicted octanol–water partition coefficient (Wildman–Crippen LogP) is 3.73. The highest BCUT2D eigenvalue weighted by Gasteiger charge is 2.34. The standard InChI is InChI=1S/C22H28N2O4S/c1-14-7-9-17-18(13-22(3,4)28-20(17)11-14)23-21(25)16-8-10-19(15(2)12-16)24(5)29(6,26)27/h7-12,18H,13H2,1-6H3,(H,23,25)/t18-/m0/s1. The molecule has 1 aliphatic heterocycles. The first kappa shape index (κ1) is 21.2. The first-order chi connectivity index (χ1) is 13.4. The van der Waals surface area contributed by atoms with E-state index < -0.39 is 15.6 Å². The van der Waals surface area contributed by atoms with Gasteiger partial charge in [0.15, 0.2) is 0 Å². The molecule has 1 amide bonds. The highest BCUT2D eigenvalue weighted by atomic mass is 32.2. The summed E-state index contributed by atoms with van der Waals surface area (Å²) in [5, 5.41) is 3.12. The van der Waals surface area contributed by atoms with Crippen molar-refractivity contribution in [3.05, 3.63) is 58.7 Å². The smallest absolute Gasteiger partial charge is 0.251 e. The van der Waals surface area contributed by atoms with Crippen molar-refractivity contribution < 1.29 is 17.9 Å². The van der Waals surface area contributed by atoms with Crippen LogP contribution in [0, 0.1) is 13.8 Å². The van der Waals surface area contributed by atoms with Crippen LogP contribution in [0.5, 0.6) is 5.75 Å². The van der Waals surface area contributed by atoms with Crippen molar-refractivity contribution >= 4 is 21.6 Å². The number of benzene rings is 2. The Labute approximate surface area is 172 Å². The van der Waals surface area contributed by atoms with Gasteiger partial charge in [-0.05, 0) is 63.1 Å². The summed E-state index contributed by atoms with van der Waals surface area (Å²) in [5.74, 6) is 0.601. The van der Waals surface area contributed by atoms with Gasteiger partial charge in [-0.25, -0.2) is 8.42 Å². The number of sulfonamides is 1. The molecular weight excluding hydrogens is 388 g/mol. The Kier molecular flexibility index (Phi) is 5.38. The minimum atomic E-state index is -3.37. The summed E-state index contributed by atoms with van der Waals surface area (Å²) >= 11 is 0. The SMILES string of the molecule is Cc1ccc2c(c1)OC(C)(C)C[C@@H]2NC(=O)c1ccc(N(C)S(C)(=O)=O)c(C)c1. The normalized spacial score (nSPS) is 17.8. The van der Waals surface area contributed by atoms with Crippen LogP contribution in [0.15, 0.2) is 36.4 Å². The van der Waals surface area contributed by atoms with Gasteiger partial charge in [-0.15, -0.1) is 0 Å². The van der Waals surface area contributed by atoms with Gasteiger partial charge in [0.1, 0.15) is 11.4 Å². The van der Waals surface area contributed by atoms with Crippen molar-refractivity contribution in [2.24, 2.45) is 0 Å². The van der Waals surface area contributed by atoms with Gasteiger partial charge in [0.25, 0.3) is 5.91 Å². The monoisotopic (exact) mass is 416 g/mol. The molecule has 0 saturated heterocycles. The molecule has 1 aliphatic rings. The molecule has 2 aromatic rings. The number of hydrogen-bond acceptors (Lipinski definition) is 4. The molecule has 0 aromatic heterocycles. The molecule has 2 aromatic carbocycles. The summed E-state index contributed by atoms with van der Waals surface area (Å²) in [6.07, 6.45) is 1.81. The van der Waals surface area contributed by atoms with Gasteiger partial charge in [-0.2, -0.15) is 0 Å². The second-order valence-corrected chi connectivity index (χ2v) is 10.4. The van der Waals surface area contributed by atoms with Gasteiger partial charge >= 0.3 is 0 Å². The average molecular weight is 417 g/mol. The van der Waals surface area contributed by atoms with E-state index in [4.69, 9.17) is 4.74 Å². The number of anilines is 1. The number of carbonyl (C=O) groups excluding carboxylic acids is 1. The zero-order valence-corrected chi connectivity index (χ0v) is 18.6. The van der Waals surface area contributed by atoms with Crippen LogP contribution in [0.3, 0.4) is 0 Å². The molecule has 1 atom stereocenters. The Hall–Kier alpha value is -2.54. The fourth-order valence-electron chi connectivity index (χ4n) is 3.66. The maximum Gasteiger partial charge on any atom is 0.251 e. The Morgan fingerprint density at radius 1 is 1.17 bits per heavy atom. The lowest BCUT2D eigenvalue weighted by Gasteiger charge is -2.38.